The van der Waals surface area contributed by atoms with Crippen molar-refractivity contribution in [2.75, 3.05) is 13.7 Å². The molecule has 1 heterocycles. The molecule has 0 spiro atoms. The van der Waals surface area contributed by atoms with E-state index < -0.39 is 34.1 Å². The van der Waals surface area contributed by atoms with Gasteiger partial charge in [-0.1, -0.05) is 0 Å². The molecule has 2 atom stereocenters. The maximum absolute atomic E-state index is 12.8. The second-order valence-corrected chi connectivity index (χ2v) is 7.79. The topological polar surface area (TPSA) is 83.9 Å². The molecular weight excluding hydrogens is 363 g/mol. The number of alkyl halides is 3. The van der Waals surface area contributed by atoms with Gasteiger partial charge >= 0.3 is 12.1 Å². The van der Waals surface area contributed by atoms with E-state index in [1.165, 1.54) is 26.2 Å². The van der Waals surface area contributed by atoms with Gasteiger partial charge in [0, 0.05) is 12.6 Å². The SMILES string of the molecule is COc1ccc(S(=O)(=O)N2CCC(C(F)(F)F)CC2C)cc1C(=O)O. The number of carboxylic acid groups (broad SMARTS) is 1. The van der Waals surface area contributed by atoms with Crippen LogP contribution in [-0.2, 0) is 10.0 Å². The fraction of sp³-hybridized carbons (Fsp3) is 0.533. The zero-order valence-electron chi connectivity index (χ0n) is 13.6. The van der Waals surface area contributed by atoms with Crippen LogP contribution in [0.2, 0.25) is 0 Å². The number of benzene rings is 1. The molecule has 1 aromatic carbocycles. The van der Waals surface area contributed by atoms with Crippen LogP contribution in [0.3, 0.4) is 0 Å². The van der Waals surface area contributed by atoms with E-state index in [0.717, 1.165) is 10.4 Å². The number of halogens is 3. The van der Waals surface area contributed by atoms with Crippen LogP contribution in [0.5, 0.6) is 5.75 Å². The molecule has 1 aromatic rings. The lowest BCUT2D eigenvalue weighted by atomic mass is 9.93. The summed E-state index contributed by atoms with van der Waals surface area (Å²) in [5.74, 6) is -2.91. The Kier molecular flexibility index (Phi) is 5.33. The van der Waals surface area contributed by atoms with Crippen LogP contribution in [0.4, 0.5) is 13.2 Å². The molecule has 0 saturated carbocycles. The van der Waals surface area contributed by atoms with Gasteiger partial charge in [-0.15, -0.1) is 0 Å². The molecule has 1 fully saturated rings. The van der Waals surface area contributed by atoms with Gasteiger partial charge in [0.1, 0.15) is 11.3 Å². The van der Waals surface area contributed by atoms with Crippen molar-refractivity contribution in [2.45, 2.75) is 36.9 Å². The fourth-order valence-electron chi connectivity index (χ4n) is 2.96. The monoisotopic (exact) mass is 381 g/mol. The normalized spacial score (nSPS) is 22.6. The average Bonchev–Trinajstić information content (AvgIpc) is 2.52. The third-order valence-corrected chi connectivity index (χ3v) is 6.30. The summed E-state index contributed by atoms with van der Waals surface area (Å²) in [5, 5.41) is 9.16. The maximum Gasteiger partial charge on any atom is 0.391 e. The van der Waals surface area contributed by atoms with E-state index >= 15 is 0 Å². The Balaban J connectivity index is 2.34. The highest BCUT2D eigenvalue weighted by Crippen LogP contribution is 2.38. The number of aromatic carboxylic acids is 1. The Morgan fingerprint density at radius 2 is 2.00 bits per heavy atom. The van der Waals surface area contributed by atoms with Crippen molar-refractivity contribution >= 4 is 16.0 Å². The van der Waals surface area contributed by atoms with Crippen LogP contribution in [0, 0.1) is 5.92 Å². The van der Waals surface area contributed by atoms with E-state index in [0.29, 0.717) is 0 Å². The van der Waals surface area contributed by atoms with Crippen LogP contribution >= 0.6 is 0 Å². The van der Waals surface area contributed by atoms with E-state index in [9.17, 15) is 26.4 Å². The number of piperidine rings is 1. The third kappa shape index (κ3) is 3.90. The highest BCUT2D eigenvalue weighted by molar-refractivity contribution is 7.89. The minimum absolute atomic E-state index is 0.00437. The minimum Gasteiger partial charge on any atom is -0.496 e. The van der Waals surface area contributed by atoms with E-state index in [4.69, 9.17) is 9.84 Å². The number of nitrogens with zero attached hydrogens (tertiary/aromatic N) is 1. The van der Waals surface area contributed by atoms with E-state index in [1.807, 2.05) is 0 Å². The minimum atomic E-state index is -4.36. The molecule has 0 aromatic heterocycles. The highest BCUT2D eigenvalue weighted by Gasteiger charge is 2.45. The Morgan fingerprint density at radius 1 is 1.36 bits per heavy atom. The van der Waals surface area contributed by atoms with Crippen molar-refractivity contribution in [3.63, 3.8) is 0 Å². The van der Waals surface area contributed by atoms with E-state index in [-0.39, 0.29) is 35.6 Å². The second kappa shape index (κ2) is 6.83. The molecule has 0 bridgehead atoms. The van der Waals surface area contributed by atoms with Gasteiger partial charge in [0.25, 0.3) is 0 Å². The summed E-state index contributed by atoms with van der Waals surface area (Å²) >= 11 is 0. The van der Waals surface area contributed by atoms with Gasteiger partial charge in [0.2, 0.25) is 10.0 Å². The smallest absolute Gasteiger partial charge is 0.391 e. The summed E-state index contributed by atoms with van der Waals surface area (Å²) in [6.07, 6.45) is -5.01. The zero-order valence-corrected chi connectivity index (χ0v) is 14.4. The first kappa shape index (κ1) is 19.5. The summed E-state index contributed by atoms with van der Waals surface area (Å²) < 4.78 is 69.9. The summed E-state index contributed by atoms with van der Waals surface area (Å²) in [7, 11) is -2.86. The Morgan fingerprint density at radius 3 is 2.48 bits per heavy atom. The molecule has 140 valence electrons. The maximum atomic E-state index is 12.8. The van der Waals surface area contributed by atoms with Gasteiger partial charge in [0.05, 0.1) is 17.9 Å². The number of ether oxygens (including phenoxy) is 1. The highest BCUT2D eigenvalue weighted by atomic mass is 32.2. The van der Waals surface area contributed by atoms with E-state index in [2.05, 4.69) is 0 Å². The molecule has 1 saturated heterocycles. The summed E-state index contributed by atoms with van der Waals surface area (Å²) in [6.45, 7) is 1.14. The van der Waals surface area contributed by atoms with Crippen molar-refractivity contribution in [1.29, 1.82) is 0 Å². The number of hydrogen-bond acceptors (Lipinski definition) is 4. The lowest BCUT2D eigenvalue weighted by molar-refractivity contribution is -0.186. The average molecular weight is 381 g/mol. The summed E-state index contributed by atoms with van der Waals surface area (Å²) in [4.78, 5) is 11.0. The number of carbonyl (C=O) groups is 1. The first-order valence-corrected chi connectivity index (χ1v) is 8.92. The number of hydrogen-bond donors (Lipinski definition) is 1. The first-order valence-electron chi connectivity index (χ1n) is 7.48. The number of rotatable bonds is 4. The van der Waals surface area contributed by atoms with Gasteiger partial charge in [-0.3, -0.25) is 0 Å². The lowest BCUT2D eigenvalue weighted by Crippen LogP contribution is -2.47. The van der Waals surface area contributed by atoms with Crippen LogP contribution in [0.25, 0.3) is 0 Å². The van der Waals surface area contributed by atoms with Crippen molar-refractivity contribution in [3.8, 4) is 5.75 Å². The number of methoxy groups -OCH3 is 1. The lowest BCUT2D eigenvalue weighted by Gasteiger charge is -2.37. The van der Waals surface area contributed by atoms with Crippen molar-refractivity contribution in [2.24, 2.45) is 5.92 Å². The van der Waals surface area contributed by atoms with Gasteiger partial charge < -0.3 is 9.84 Å². The summed E-state index contributed by atoms with van der Waals surface area (Å²) in [6, 6.07) is 2.51. The molecule has 6 nitrogen and oxygen atoms in total. The second-order valence-electron chi connectivity index (χ2n) is 5.89. The van der Waals surface area contributed by atoms with Gasteiger partial charge in [0.15, 0.2) is 0 Å². The largest absolute Gasteiger partial charge is 0.496 e. The molecule has 0 aliphatic carbocycles. The third-order valence-electron chi connectivity index (χ3n) is 4.29. The fourth-order valence-corrected chi connectivity index (χ4v) is 4.64. The molecule has 1 aliphatic rings. The Bertz CT molecular complexity index is 763. The van der Waals surface area contributed by atoms with Crippen molar-refractivity contribution < 1.29 is 36.2 Å². The zero-order chi connectivity index (χ0) is 19.0. The molecule has 0 radical (unpaired) electrons. The van der Waals surface area contributed by atoms with Crippen LogP contribution < -0.4 is 4.74 Å². The Hall–Kier alpha value is -1.81. The number of sulfonamides is 1. The Labute approximate surface area is 143 Å². The molecule has 10 heteroatoms. The van der Waals surface area contributed by atoms with Crippen molar-refractivity contribution in [1.82, 2.24) is 4.31 Å². The predicted molar refractivity (Wildman–Crippen MR) is 82.1 cm³/mol. The standard InChI is InChI=1S/C15H18F3NO5S/c1-9-7-10(15(16,17)18)5-6-19(9)25(22,23)11-3-4-13(24-2)12(8-11)14(20)21/h3-4,8-10H,5-7H2,1-2H3,(H,20,21). The van der Waals surface area contributed by atoms with Crippen molar-refractivity contribution in [3.05, 3.63) is 23.8 Å². The van der Waals surface area contributed by atoms with Crippen LogP contribution in [0.1, 0.15) is 30.1 Å². The quantitative estimate of drug-likeness (QED) is 0.867. The van der Waals surface area contributed by atoms with E-state index in [1.54, 1.807) is 0 Å². The van der Waals surface area contributed by atoms with Gasteiger partial charge in [-0.05, 0) is 38.0 Å². The summed E-state index contributed by atoms with van der Waals surface area (Å²) in [5.41, 5.74) is -0.332. The molecule has 1 aliphatic heterocycles. The van der Waals surface area contributed by atoms with Crippen LogP contribution in [0.15, 0.2) is 23.1 Å². The van der Waals surface area contributed by atoms with Gasteiger partial charge in [-0.2, -0.15) is 17.5 Å². The molecule has 25 heavy (non-hydrogen) atoms. The molecule has 0 amide bonds. The first-order chi connectivity index (χ1) is 11.5. The number of carboxylic acids is 1. The van der Waals surface area contributed by atoms with Gasteiger partial charge in [-0.25, -0.2) is 13.2 Å². The molecule has 1 N–H and O–H groups in total. The molecular formula is C15H18F3NO5S. The molecule has 2 unspecified atom stereocenters. The van der Waals surface area contributed by atoms with Crippen LogP contribution in [-0.4, -0.2) is 49.7 Å². The predicted octanol–water partition coefficient (Wildman–Crippen LogP) is 2.74. The molecule has 2 rings (SSSR count).